The third kappa shape index (κ3) is 19.1. The average molecular weight is 220 g/mol. The van der Waals surface area contributed by atoms with Crippen molar-refractivity contribution in [3.63, 3.8) is 0 Å². The van der Waals surface area contributed by atoms with Crippen molar-refractivity contribution >= 4 is 62.2 Å². The summed E-state index contributed by atoms with van der Waals surface area (Å²) in [6.45, 7) is 0. The van der Waals surface area contributed by atoms with Gasteiger partial charge >= 0.3 is 37.7 Å². The van der Waals surface area contributed by atoms with Gasteiger partial charge in [0.25, 0.3) is 0 Å². The Kier molecular flexibility index (Phi) is 131. The van der Waals surface area contributed by atoms with Crippen LogP contribution in [0.3, 0.4) is 0 Å². The van der Waals surface area contributed by atoms with E-state index in [2.05, 4.69) is 0 Å². The molecule has 0 aromatic heterocycles. The van der Waals surface area contributed by atoms with Gasteiger partial charge in [0.05, 0.1) is 0 Å². The molecule has 0 saturated carbocycles. The number of hydrogen-bond donors (Lipinski definition) is 0. The van der Waals surface area contributed by atoms with Crippen LogP contribution in [0.2, 0.25) is 0 Å². The predicted octanol–water partition coefficient (Wildman–Crippen LogP) is -3.02. The molecule has 0 bridgehead atoms. The Morgan fingerprint density at radius 2 is 1.20 bits per heavy atom. The van der Waals surface area contributed by atoms with Gasteiger partial charge < -0.3 is 0 Å². The van der Waals surface area contributed by atoms with Gasteiger partial charge in [-0.25, -0.2) is 0 Å². The van der Waals surface area contributed by atoms with Crippen molar-refractivity contribution in [2.75, 3.05) is 0 Å². The van der Waals surface area contributed by atoms with Gasteiger partial charge in [0.2, 0.25) is 0 Å². The Morgan fingerprint density at radius 1 is 1.20 bits per heavy atom. The van der Waals surface area contributed by atoms with Crippen LogP contribution in [-0.2, 0) is 36.8 Å². The summed E-state index contributed by atoms with van der Waals surface area (Å²) >= 11 is 1.44. The average Bonchev–Trinajstić information content (AvgIpc) is 1.00. The fraction of sp³-hybridized carbons (Fsp3) is 0. The summed E-state index contributed by atoms with van der Waals surface area (Å²) < 4.78 is 0. The van der Waals surface area contributed by atoms with E-state index in [9.17, 15) is 0 Å². The minimum atomic E-state index is 0. The first-order valence-electron chi connectivity index (χ1n) is 1.00. The second kappa shape index (κ2) is 27.2. The molecule has 0 aromatic carbocycles. The Balaban J connectivity index is -0.00000000167. The molecule has 0 fully saturated rings. The molecule has 0 amide bonds. The molecule has 0 radical (unpaired) electrons. The molecule has 0 aliphatic heterocycles. The van der Waals surface area contributed by atoms with E-state index in [1.165, 1.54) is 24.4 Å². The van der Waals surface area contributed by atoms with Crippen molar-refractivity contribution in [2.24, 2.45) is 0 Å². The van der Waals surface area contributed by atoms with Gasteiger partial charge in [0.1, 0.15) is 0 Å². The minimum Gasteiger partial charge on any atom is 0 e. The Hall–Kier alpha value is 3.16. The molecular weight excluding hydrogens is 213 g/mol. The topological polar surface area (TPSA) is 0 Å². The Morgan fingerprint density at radius 3 is 1.20 bits per heavy atom. The van der Waals surface area contributed by atoms with Gasteiger partial charge in [-0.3, -0.25) is 0 Å². The summed E-state index contributed by atoms with van der Waals surface area (Å²) in [5.41, 5.74) is 0. The monoisotopic (exact) mass is 218 g/mol. The maximum absolute atomic E-state index is 1.44. The van der Waals surface area contributed by atoms with Crippen molar-refractivity contribution in [1.82, 2.24) is 0 Å². The summed E-state index contributed by atoms with van der Waals surface area (Å²) in [6.07, 6.45) is 0. The largest absolute Gasteiger partial charge is 0 e. The quantitative estimate of drug-likeness (QED) is 0.381. The van der Waals surface area contributed by atoms with Crippen LogP contribution >= 0.6 is 0 Å². The van der Waals surface area contributed by atoms with Gasteiger partial charge in [-0.15, -0.1) is 0 Å². The van der Waals surface area contributed by atoms with Crippen LogP contribution < -0.4 is 0 Å². The van der Waals surface area contributed by atoms with E-state index in [0.717, 1.165) is 0 Å². The van der Waals surface area contributed by atoms with Crippen LogP contribution in [0.5, 0.6) is 0 Å². The summed E-state index contributed by atoms with van der Waals surface area (Å²) in [5, 5.41) is 0. The third-order valence-corrected chi connectivity index (χ3v) is 0. The van der Waals surface area contributed by atoms with Crippen LogP contribution in [0.1, 0.15) is 0 Å². The molecule has 0 nitrogen and oxygen atoms in total. The summed E-state index contributed by atoms with van der Waals surface area (Å²) in [6, 6.07) is 0. The molecule has 0 saturated heterocycles. The first kappa shape index (κ1) is 24.2. The van der Waals surface area contributed by atoms with E-state index < -0.39 is 0 Å². The van der Waals surface area contributed by atoms with E-state index in [0.29, 0.717) is 0 Å². The molecule has 0 N–H and O–H groups in total. The fourth-order valence-electron chi connectivity index (χ4n) is 0. The van der Waals surface area contributed by atoms with Gasteiger partial charge in [0, 0.05) is 36.8 Å². The van der Waals surface area contributed by atoms with E-state index in [1.807, 2.05) is 0 Å². The molecule has 5 heteroatoms. The molecule has 0 atom stereocenters. The number of rotatable bonds is 0. The molecule has 0 heterocycles. The first-order valence-corrected chi connectivity index (χ1v) is 9.00. The second-order valence-electron chi connectivity index (χ2n) is 0. The van der Waals surface area contributed by atoms with Gasteiger partial charge in [-0.1, -0.05) is 8.80 Å². The maximum Gasteiger partial charge on any atom is 0 e. The smallest absolute Gasteiger partial charge is 0 e. The van der Waals surface area contributed by atoms with E-state index >= 15 is 0 Å². The zero-order valence-corrected chi connectivity index (χ0v) is 11.4. The van der Waals surface area contributed by atoms with Crippen molar-refractivity contribution in [1.29, 1.82) is 0 Å². The predicted molar refractivity (Wildman–Crippen MR) is 27.0 cm³/mol. The van der Waals surface area contributed by atoms with Crippen LogP contribution in [0.15, 0.2) is 0 Å². The van der Waals surface area contributed by atoms with Crippen molar-refractivity contribution in [3.05, 3.63) is 0 Å². The van der Waals surface area contributed by atoms with Crippen LogP contribution in [-0.4, -0.2) is 62.2 Å². The maximum atomic E-state index is 1.44. The fourth-order valence-corrected chi connectivity index (χ4v) is 0. The molecule has 5 heavy (non-hydrogen) atoms. The summed E-state index contributed by atoms with van der Waals surface area (Å²) in [4.78, 5) is 0. The molecule has 0 unspecified atom stereocenters. The normalized spacial score (nSPS) is 1.60. The Bertz CT molecular complexity index is 11.6. The summed E-state index contributed by atoms with van der Waals surface area (Å²) in [7, 11) is 1.44. The molecule has 0 aliphatic rings. The van der Waals surface area contributed by atoms with Crippen LogP contribution in [0.25, 0.3) is 0 Å². The number of hydrogen-bond acceptors (Lipinski definition) is 0. The summed E-state index contributed by atoms with van der Waals surface area (Å²) in [5.74, 6) is 0. The van der Waals surface area contributed by atoms with Gasteiger partial charge in [0.15, 0.2) is 15.6 Å². The van der Waals surface area contributed by atoms with E-state index in [4.69, 9.17) is 0 Å². The van der Waals surface area contributed by atoms with Crippen LogP contribution in [0.4, 0.5) is 0 Å². The van der Waals surface area contributed by atoms with Crippen molar-refractivity contribution in [2.45, 2.75) is 0 Å². The van der Waals surface area contributed by atoms with E-state index in [1.54, 1.807) is 0 Å². The Labute approximate surface area is 97.0 Å². The molecule has 0 rings (SSSR count). The van der Waals surface area contributed by atoms with Crippen molar-refractivity contribution < 1.29 is 36.8 Å². The molecule has 24 valence electrons. The third-order valence-electron chi connectivity index (χ3n) is 0. The minimum absolute atomic E-state index is 0. The van der Waals surface area contributed by atoms with Gasteiger partial charge in [-0.2, -0.15) is 0 Å². The molecule has 0 spiro atoms. The zero-order valence-electron chi connectivity index (χ0n) is 3.12. The molecular formula is H7AlCaCrSiZn. The van der Waals surface area contributed by atoms with Gasteiger partial charge in [-0.05, 0) is 0 Å². The SMILES string of the molecule is [AlH2][SiH3].[CaH2].[Cr].[Zn]. The standard InChI is InChI=1S/Al.Ca.Cr.H3Si.Zn.4H/h;;;1H3;;;;;. The molecule has 0 aliphatic carbocycles. The van der Waals surface area contributed by atoms with Crippen molar-refractivity contribution in [3.8, 4) is 0 Å². The first-order chi connectivity index (χ1) is 1.00. The molecule has 0 aromatic rings. The second-order valence-corrected chi connectivity index (χ2v) is 0. The van der Waals surface area contributed by atoms with Crippen LogP contribution in [0, 0.1) is 0 Å². The van der Waals surface area contributed by atoms with E-state index in [-0.39, 0.29) is 74.6 Å². The zero-order chi connectivity index (χ0) is 2.00.